The molecule has 1 saturated heterocycles. The summed E-state index contributed by atoms with van der Waals surface area (Å²) in [6, 6.07) is -0.809. The molecule has 0 radical (unpaired) electrons. The molecule has 0 saturated carbocycles. The molecule has 0 aromatic rings. The first-order valence-corrected chi connectivity index (χ1v) is 30.4. The second kappa shape index (κ2) is 51.6. The van der Waals surface area contributed by atoms with E-state index in [2.05, 4.69) is 55.6 Å². The molecule has 71 heavy (non-hydrogen) atoms. The van der Waals surface area contributed by atoms with Gasteiger partial charge in [0.15, 0.2) is 6.29 Å². The normalized spacial score (nSPS) is 19.6. The molecule has 0 bridgehead atoms. The second-order valence-corrected chi connectivity index (χ2v) is 21.1. The summed E-state index contributed by atoms with van der Waals surface area (Å²) >= 11 is 0. The van der Waals surface area contributed by atoms with Crippen molar-refractivity contribution >= 4 is 5.91 Å². The molecule has 1 aliphatic heterocycles. The van der Waals surface area contributed by atoms with Crippen LogP contribution in [-0.4, -0.2) is 87.5 Å². The number of carbonyl (C=O) groups excluding carboxylic acids is 1. The van der Waals surface area contributed by atoms with E-state index in [0.29, 0.717) is 6.42 Å². The number of ether oxygens (including phenoxy) is 2. The van der Waals surface area contributed by atoms with Crippen LogP contribution in [0.1, 0.15) is 284 Å². The minimum absolute atomic E-state index is 0.179. The van der Waals surface area contributed by atoms with Crippen LogP contribution in [-0.2, 0) is 14.3 Å². The zero-order valence-electron chi connectivity index (χ0n) is 46.2. The van der Waals surface area contributed by atoms with Gasteiger partial charge in [-0.15, -0.1) is 0 Å². The number of aliphatic hydroxyl groups is 5. The summed E-state index contributed by atoms with van der Waals surface area (Å²) in [5.74, 6) is -0.179. The summed E-state index contributed by atoms with van der Waals surface area (Å²) < 4.78 is 11.3. The maximum atomic E-state index is 13.1. The molecule has 1 aliphatic rings. The number of hydrogen-bond donors (Lipinski definition) is 6. The maximum Gasteiger partial charge on any atom is 0.220 e. The molecular weight excluding hydrogens is 887 g/mol. The second-order valence-electron chi connectivity index (χ2n) is 21.1. The molecule has 1 heterocycles. The molecule has 7 unspecified atom stereocenters. The van der Waals surface area contributed by atoms with Crippen molar-refractivity contribution in [2.75, 3.05) is 13.2 Å². The van der Waals surface area contributed by atoms with Gasteiger partial charge in [-0.3, -0.25) is 4.79 Å². The SMILES string of the molecule is CCCCCCC/C=C\C/C=C\C/C=C\CCCCCCCCCCCCC(=O)NC(COC1OC(CO)C(O)C(O)C1O)C(O)/C=C/CCCCCCCCCCCCCCCCCCCCCCC. The number of unbranched alkanes of at least 4 members (excludes halogenated alkanes) is 36. The van der Waals surface area contributed by atoms with Crippen molar-refractivity contribution in [3.8, 4) is 0 Å². The zero-order valence-corrected chi connectivity index (χ0v) is 46.2. The van der Waals surface area contributed by atoms with Crippen LogP contribution < -0.4 is 5.32 Å². The molecule has 0 aromatic heterocycles. The van der Waals surface area contributed by atoms with Crippen LogP contribution in [0.15, 0.2) is 48.6 Å². The number of rotatable bonds is 52. The van der Waals surface area contributed by atoms with E-state index in [1.807, 2.05) is 6.08 Å². The average Bonchev–Trinajstić information content (AvgIpc) is 3.37. The van der Waals surface area contributed by atoms with Crippen molar-refractivity contribution < 1.29 is 39.8 Å². The van der Waals surface area contributed by atoms with Gasteiger partial charge >= 0.3 is 0 Å². The van der Waals surface area contributed by atoms with Gasteiger partial charge in [0.05, 0.1) is 25.4 Å². The topological polar surface area (TPSA) is 149 Å². The zero-order chi connectivity index (χ0) is 51.5. The van der Waals surface area contributed by atoms with Crippen LogP contribution in [0.25, 0.3) is 0 Å². The van der Waals surface area contributed by atoms with E-state index in [0.717, 1.165) is 51.4 Å². The summed E-state index contributed by atoms with van der Waals surface area (Å²) in [6.07, 6.45) is 61.7. The predicted molar refractivity (Wildman–Crippen MR) is 299 cm³/mol. The molecule has 9 nitrogen and oxygen atoms in total. The van der Waals surface area contributed by atoms with Crippen molar-refractivity contribution in [2.45, 2.75) is 326 Å². The highest BCUT2D eigenvalue weighted by molar-refractivity contribution is 5.76. The first-order chi connectivity index (χ1) is 34.8. The highest BCUT2D eigenvalue weighted by Crippen LogP contribution is 2.23. The molecule has 416 valence electrons. The minimum atomic E-state index is -1.57. The molecule has 9 heteroatoms. The van der Waals surface area contributed by atoms with Crippen LogP contribution >= 0.6 is 0 Å². The predicted octanol–water partition coefficient (Wildman–Crippen LogP) is 15.3. The largest absolute Gasteiger partial charge is 0.394 e. The molecule has 0 aliphatic carbocycles. The first kappa shape index (κ1) is 67.2. The monoisotopic (exact) mass is 1000 g/mol. The van der Waals surface area contributed by atoms with Crippen LogP contribution in [0.5, 0.6) is 0 Å². The Balaban J connectivity index is 2.22. The minimum Gasteiger partial charge on any atom is -0.394 e. The summed E-state index contributed by atoms with van der Waals surface area (Å²) in [6.45, 7) is 3.79. The van der Waals surface area contributed by atoms with Gasteiger partial charge in [0.1, 0.15) is 24.4 Å². The van der Waals surface area contributed by atoms with Gasteiger partial charge in [0.25, 0.3) is 0 Å². The van der Waals surface area contributed by atoms with Crippen molar-refractivity contribution in [1.29, 1.82) is 0 Å². The highest BCUT2D eigenvalue weighted by atomic mass is 16.7. The Kier molecular flexibility index (Phi) is 48.8. The fourth-order valence-electron chi connectivity index (χ4n) is 9.58. The third-order valence-electron chi connectivity index (χ3n) is 14.4. The Morgan fingerprint density at radius 3 is 1.23 bits per heavy atom. The van der Waals surface area contributed by atoms with Gasteiger partial charge in [-0.1, -0.05) is 268 Å². The average molecular weight is 1000 g/mol. The van der Waals surface area contributed by atoms with E-state index in [-0.39, 0.29) is 12.5 Å². The third-order valence-corrected chi connectivity index (χ3v) is 14.4. The molecule has 1 rings (SSSR count). The van der Waals surface area contributed by atoms with E-state index in [4.69, 9.17) is 9.47 Å². The Morgan fingerprint density at radius 1 is 0.479 bits per heavy atom. The number of allylic oxidation sites excluding steroid dienone is 7. The first-order valence-electron chi connectivity index (χ1n) is 30.4. The van der Waals surface area contributed by atoms with Crippen LogP contribution in [0, 0.1) is 0 Å². The van der Waals surface area contributed by atoms with E-state index in [9.17, 15) is 30.3 Å². The van der Waals surface area contributed by atoms with Gasteiger partial charge in [-0.25, -0.2) is 0 Å². The van der Waals surface area contributed by atoms with Crippen LogP contribution in [0.2, 0.25) is 0 Å². The summed E-state index contributed by atoms with van der Waals surface area (Å²) in [5.41, 5.74) is 0. The molecule has 1 amide bonds. The van der Waals surface area contributed by atoms with Crippen molar-refractivity contribution in [1.82, 2.24) is 5.32 Å². The summed E-state index contributed by atoms with van der Waals surface area (Å²) in [5, 5.41) is 54.6. The molecule has 0 spiro atoms. The van der Waals surface area contributed by atoms with E-state index in [1.54, 1.807) is 6.08 Å². The number of carbonyl (C=O) groups is 1. The fourth-order valence-corrected chi connectivity index (χ4v) is 9.58. The molecule has 0 aromatic carbocycles. The highest BCUT2D eigenvalue weighted by Gasteiger charge is 2.44. The number of hydrogen-bond acceptors (Lipinski definition) is 8. The van der Waals surface area contributed by atoms with Crippen molar-refractivity contribution in [2.24, 2.45) is 0 Å². The third kappa shape index (κ3) is 41.1. The van der Waals surface area contributed by atoms with Crippen LogP contribution in [0.3, 0.4) is 0 Å². The Labute approximate surface area is 437 Å². The Bertz CT molecular complexity index is 1250. The number of nitrogens with one attached hydrogen (secondary N) is 1. The molecular formula is C62H115NO8. The van der Waals surface area contributed by atoms with Crippen LogP contribution in [0.4, 0.5) is 0 Å². The quantitative estimate of drug-likeness (QED) is 0.0261. The van der Waals surface area contributed by atoms with E-state index < -0.39 is 49.5 Å². The maximum absolute atomic E-state index is 13.1. The fraction of sp³-hybridized carbons (Fsp3) is 0.855. The lowest BCUT2D eigenvalue weighted by atomic mass is 9.99. The smallest absolute Gasteiger partial charge is 0.220 e. The number of amides is 1. The van der Waals surface area contributed by atoms with Crippen molar-refractivity contribution in [3.05, 3.63) is 48.6 Å². The van der Waals surface area contributed by atoms with E-state index in [1.165, 1.54) is 212 Å². The standard InChI is InChI=1S/C62H115NO8/c1-3-5-7-9-11-13-15-17-19-21-23-25-27-28-30-32-34-36-38-40-42-44-46-48-50-52-58(66)63-55(54-70-62-61(69)60(68)59(67)57(53-64)71-62)56(65)51-49-47-45-43-41-39-37-35-33-31-29-26-24-22-20-18-16-14-12-10-8-6-4-2/h15,17,21,23,27-28,49,51,55-57,59-62,64-65,67-69H,3-14,16,18-20,22,24-26,29-48,50,52-54H2,1-2H3,(H,63,66)/b17-15-,23-21-,28-27-,51-49+. The van der Waals surface area contributed by atoms with Crippen molar-refractivity contribution in [3.63, 3.8) is 0 Å². The van der Waals surface area contributed by atoms with Gasteiger partial charge < -0.3 is 40.3 Å². The summed E-state index contributed by atoms with van der Waals surface area (Å²) in [4.78, 5) is 13.1. The molecule has 1 fully saturated rings. The molecule has 7 atom stereocenters. The lowest BCUT2D eigenvalue weighted by molar-refractivity contribution is -0.302. The lowest BCUT2D eigenvalue weighted by Crippen LogP contribution is -2.60. The molecule has 6 N–H and O–H groups in total. The van der Waals surface area contributed by atoms with Gasteiger partial charge in [-0.05, 0) is 57.8 Å². The Hall–Kier alpha value is -1.85. The van der Waals surface area contributed by atoms with Gasteiger partial charge in [0, 0.05) is 6.42 Å². The van der Waals surface area contributed by atoms with E-state index >= 15 is 0 Å². The van der Waals surface area contributed by atoms with Gasteiger partial charge in [-0.2, -0.15) is 0 Å². The number of aliphatic hydroxyl groups excluding tert-OH is 5. The lowest BCUT2D eigenvalue weighted by Gasteiger charge is -2.40. The van der Waals surface area contributed by atoms with Gasteiger partial charge in [0.2, 0.25) is 5.91 Å². The summed E-state index contributed by atoms with van der Waals surface area (Å²) in [7, 11) is 0. The Morgan fingerprint density at radius 2 is 0.831 bits per heavy atom.